The average Bonchev–Trinajstić information content (AvgIpc) is 2.66. The highest BCUT2D eigenvalue weighted by molar-refractivity contribution is 5.78. The normalized spacial score (nSPS) is 11.0. The number of ether oxygens (including phenoxy) is 1. The molecule has 0 saturated heterocycles. The predicted molar refractivity (Wildman–Crippen MR) is 110 cm³/mol. The zero-order valence-electron chi connectivity index (χ0n) is 16.7. The molecule has 146 valence electrons. The monoisotopic (exact) mass is 379 g/mol. The number of amides is 1. The summed E-state index contributed by atoms with van der Waals surface area (Å²) in [6.07, 6.45) is 0. The van der Waals surface area contributed by atoms with E-state index in [0.29, 0.717) is 28.4 Å². The number of carbonyl (C=O) groups excluding carboxylic acids is 1. The van der Waals surface area contributed by atoms with Crippen LogP contribution >= 0.6 is 0 Å². The number of hydrogen-bond donors (Lipinski definition) is 1. The highest BCUT2D eigenvalue weighted by Crippen LogP contribution is 2.24. The molecule has 0 aliphatic rings. The van der Waals surface area contributed by atoms with E-state index in [1.54, 1.807) is 25.2 Å². The molecule has 0 spiro atoms. The van der Waals surface area contributed by atoms with Crippen LogP contribution < -0.4 is 10.3 Å². The quantitative estimate of drug-likeness (QED) is 0.712. The lowest BCUT2D eigenvalue weighted by atomic mass is 10.0. The van der Waals surface area contributed by atoms with Gasteiger partial charge in [-0.25, -0.2) is 4.98 Å². The van der Waals surface area contributed by atoms with Crippen molar-refractivity contribution in [3.8, 4) is 5.75 Å². The smallest absolute Gasteiger partial charge is 0.260 e. The molecule has 0 atom stereocenters. The van der Waals surface area contributed by atoms with E-state index < -0.39 is 0 Å². The number of fused-ring (bicyclic) bond motifs is 1. The van der Waals surface area contributed by atoms with Gasteiger partial charge < -0.3 is 14.6 Å². The summed E-state index contributed by atoms with van der Waals surface area (Å²) in [5.41, 5.74) is 2.55. The molecule has 1 N–H and O–H groups in total. The SMILES string of the molecule is Cc1ccc(C(C)C)cc1OCC(=O)N(C)Cc1nc2ccccc2c(=O)[nH]1. The molecule has 1 aromatic heterocycles. The number of hydrogen-bond acceptors (Lipinski definition) is 4. The maximum absolute atomic E-state index is 12.5. The number of aromatic amines is 1. The molecule has 1 amide bonds. The Hall–Kier alpha value is -3.15. The van der Waals surface area contributed by atoms with E-state index in [1.165, 1.54) is 10.5 Å². The minimum absolute atomic E-state index is 0.0727. The number of rotatable bonds is 6. The van der Waals surface area contributed by atoms with E-state index in [1.807, 2.05) is 25.1 Å². The third-order valence-corrected chi connectivity index (χ3v) is 4.70. The van der Waals surface area contributed by atoms with Crippen molar-refractivity contribution in [1.82, 2.24) is 14.9 Å². The van der Waals surface area contributed by atoms with Gasteiger partial charge in [-0.2, -0.15) is 0 Å². The number of aryl methyl sites for hydroxylation is 1. The van der Waals surface area contributed by atoms with Gasteiger partial charge in [0.2, 0.25) is 0 Å². The fourth-order valence-corrected chi connectivity index (χ4v) is 2.90. The molecule has 0 saturated carbocycles. The fourth-order valence-electron chi connectivity index (χ4n) is 2.90. The van der Waals surface area contributed by atoms with Crippen LogP contribution in [0.4, 0.5) is 0 Å². The van der Waals surface area contributed by atoms with Crippen molar-refractivity contribution in [2.24, 2.45) is 0 Å². The number of nitrogens with one attached hydrogen (secondary N) is 1. The second kappa shape index (κ2) is 8.25. The van der Waals surface area contributed by atoms with Gasteiger partial charge >= 0.3 is 0 Å². The molecule has 0 unspecified atom stereocenters. The van der Waals surface area contributed by atoms with Crippen LogP contribution in [-0.2, 0) is 11.3 Å². The summed E-state index contributed by atoms with van der Waals surface area (Å²) >= 11 is 0. The van der Waals surface area contributed by atoms with Gasteiger partial charge in [-0.3, -0.25) is 9.59 Å². The number of para-hydroxylation sites is 1. The maximum Gasteiger partial charge on any atom is 0.260 e. The Kier molecular flexibility index (Phi) is 5.78. The van der Waals surface area contributed by atoms with E-state index in [0.717, 1.165) is 5.56 Å². The molecule has 28 heavy (non-hydrogen) atoms. The van der Waals surface area contributed by atoms with E-state index >= 15 is 0 Å². The van der Waals surface area contributed by atoms with Gasteiger partial charge in [0.05, 0.1) is 17.4 Å². The predicted octanol–water partition coefficient (Wildman–Crippen LogP) is 3.39. The van der Waals surface area contributed by atoms with Crippen LogP contribution in [0.15, 0.2) is 47.3 Å². The van der Waals surface area contributed by atoms with Gasteiger partial charge in [0.1, 0.15) is 11.6 Å². The molecule has 2 aromatic carbocycles. The number of aromatic nitrogens is 2. The maximum atomic E-state index is 12.5. The molecule has 0 aliphatic heterocycles. The number of carbonyl (C=O) groups is 1. The summed E-state index contributed by atoms with van der Waals surface area (Å²) in [6, 6.07) is 13.2. The first kappa shape index (κ1) is 19.6. The van der Waals surface area contributed by atoms with Crippen molar-refractivity contribution >= 4 is 16.8 Å². The Labute approximate surface area is 164 Å². The van der Waals surface area contributed by atoms with Crippen molar-refractivity contribution in [1.29, 1.82) is 0 Å². The lowest BCUT2D eigenvalue weighted by Crippen LogP contribution is -2.32. The summed E-state index contributed by atoms with van der Waals surface area (Å²) in [4.78, 5) is 33.3. The van der Waals surface area contributed by atoms with Crippen LogP contribution in [0.25, 0.3) is 10.9 Å². The highest BCUT2D eigenvalue weighted by Gasteiger charge is 2.14. The first-order chi connectivity index (χ1) is 13.3. The van der Waals surface area contributed by atoms with Crippen molar-refractivity contribution < 1.29 is 9.53 Å². The molecule has 0 fully saturated rings. The fraction of sp³-hybridized carbons (Fsp3) is 0.318. The second-order valence-corrected chi connectivity index (χ2v) is 7.25. The van der Waals surface area contributed by atoms with Gasteiger partial charge in [-0.05, 0) is 42.2 Å². The third-order valence-electron chi connectivity index (χ3n) is 4.70. The Balaban J connectivity index is 1.67. The van der Waals surface area contributed by atoms with Gasteiger partial charge in [0.25, 0.3) is 11.5 Å². The van der Waals surface area contributed by atoms with E-state index in [-0.39, 0.29) is 24.6 Å². The van der Waals surface area contributed by atoms with E-state index in [2.05, 4.69) is 29.9 Å². The van der Waals surface area contributed by atoms with E-state index in [4.69, 9.17) is 4.74 Å². The van der Waals surface area contributed by atoms with Crippen LogP contribution in [0.5, 0.6) is 5.75 Å². The zero-order chi connectivity index (χ0) is 20.3. The molecular weight excluding hydrogens is 354 g/mol. The largest absolute Gasteiger partial charge is 0.483 e. The summed E-state index contributed by atoms with van der Waals surface area (Å²) in [6.45, 7) is 6.32. The molecule has 1 heterocycles. The van der Waals surface area contributed by atoms with Crippen LogP contribution in [0.3, 0.4) is 0 Å². The van der Waals surface area contributed by atoms with Gasteiger partial charge in [-0.15, -0.1) is 0 Å². The third kappa shape index (κ3) is 4.39. The Morgan fingerprint density at radius 1 is 1.21 bits per heavy atom. The Bertz CT molecular complexity index is 1060. The summed E-state index contributed by atoms with van der Waals surface area (Å²) in [5.74, 6) is 1.35. The number of H-pyrrole nitrogens is 1. The lowest BCUT2D eigenvalue weighted by molar-refractivity contribution is -0.132. The minimum Gasteiger partial charge on any atom is -0.483 e. The summed E-state index contributed by atoms with van der Waals surface area (Å²) < 4.78 is 5.76. The van der Waals surface area contributed by atoms with Gasteiger partial charge in [0, 0.05) is 7.05 Å². The molecule has 3 aromatic rings. The lowest BCUT2D eigenvalue weighted by Gasteiger charge is -2.18. The second-order valence-electron chi connectivity index (χ2n) is 7.25. The Morgan fingerprint density at radius 3 is 2.71 bits per heavy atom. The first-order valence-electron chi connectivity index (χ1n) is 9.30. The molecule has 6 nitrogen and oxygen atoms in total. The molecule has 6 heteroatoms. The zero-order valence-corrected chi connectivity index (χ0v) is 16.7. The van der Waals surface area contributed by atoms with Crippen molar-refractivity contribution in [3.05, 3.63) is 69.8 Å². The van der Waals surface area contributed by atoms with Crippen LogP contribution in [0, 0.1) is 6.92 Å². The number of benzene rings is 2. The standard InChI is InChI=1S/C22H25N3O3/c1-14(2)16-10-9-15(3)19(11-16)28-13-21(26)25(4)12-20-23-18-8-6-5-7-17(18)22(27)24-20/h5-11,14H,12-13H2,1-4H3,(H,23,24,27). The van der Waals surface area contributed by atoms with Crippen LogP contribution in [0.2, 0.25) is 0 Å². The Morgan fingerprint density at radius 2 is 1.96 bits per heavy atom. The number of nitrogens with zero attached hydrogens (tertiary/aromatic N) is 2. The average molecular weight is 379 g/mol. The van der Waals surface area contributed by atoms with Crippen molar-refractivity contribution in [3.63, 3.8) is 0 Å². The highest BCUT2D eigenvalue weighted by atomic mass is 16.5. The number of likely N-dealkylation sites (N-methyl/N-ethyl adjacent to an activating group) is 1. The first-order valence-corrected chi connectivity index (χ1v) is 9.30. The van der Waals surface area contributed by atoms with Crippen molar-refractivity contribution in [2.45, 2.75) is 33.2 Å². The molecular formula is C22H25N3O3. The van der Waals surface area contributed by atoms with Crippen LogP contribution in [0.1, 0.15) is 36.7 Å². The molecule has 0 aliphatic carbocycles. The topological polar surface area (TPSA) is 75.3 Å². The summed E-state index contributed by atoms with van der Waals surface area (Å²) in [7, 11) is 1.66. The van der Waals surface area contributed by atoms with Crippen LogP contribution in [-0.4, -0.2) is 34.4 Å². The summed E-state index contributed by atoms with van der Waals surface area (Å²) in [5, 5.41) is 0.532. The molecule has 3 rings (SSSR count). The van der Waals surface area contributed by atoms with Gasteiger partial charge in [0.15, 0.2) is 6.61 Å². The molecule has 0 bridgehead atoms. The molecule has 0 radical (unpaired) electrons. The minimum atomic E-state index is -0.209. The van der Waals surface area contributed by atoms with Crippen molar-refractivity contribution in [2.75, 3.05) is 13.7 Å². The van der Waals surface area contributed by atoms with Gasteiger partial charge in [-0.1, -0.05) is 38.1 Å². The van der Waals surface area contributed by atoms with E-state index in [9.17, 15) is 9.59 Å².